The lowest BCUT2D eigenvalue weighted by atomic mass is 10.3. The predicted molar refractivity (Wildman–Crippen MR) is 82.5 cm³/mol. The van der Waals surface area contributed by atoms with Crippen molar-refractivity contribution in [2.75, 3.05) is 12.4 Å². The molecule has 0 aliphatic rings. The lowest BCUT2D eigenvalue weighted by molar-refractivity contribution is 0.0996. The maximum absolute atomic E-state index is 11.9. The van der Waals surface area contributed by atoms with Gasteiger partial charge in [-0.1, -0.05) is 11.3 Å². The fourth-order valence-electron chi connectivity index (χ4n) is 1.81. The van der Waals surface area contributed by atoms with Crippen molar-refractivity contribution in [3.8, 4) is 0 Å². The SMILES string of the molecule is CNS(=O)(=O)c1ccc2nc(NC(=O)c3ccco3)sc2c1. The summed E-state index contributed by atoms with van der Waals surface area (Å²) in [4.78, 5) is 16.3. The van der Waals surface area contributed by atoms with Crippen molar-refractivity contribution in [1.29, 1.82) is 0 Å². The van der Waals surface area contributed by atoms with E-state index in [0.29, 0.717) is 15.3 Å². The Balaban J connectivity index is 1.92. The van der Waals surface area contributed by atoms with Crippen LogP contribution >= 0.6 is 11.3 Å². The maximum atomic E-state index is 11.9. The van der Waals surface area contributed by atoms with Gasteiger partial charge in [-0.2, -0.15) is 0 Å². The smallest absolute Gasteiger partial charge is 0.293 e. The lowest BCUT2D eigenvalue weighted by Gasteiger charge is -2.00. The summed E-state index contributed by atoms with van der Waals surface area (Å²) in [6, 6.07) is 7.73. The van der Waals surface area contributed by atoms with E-state index in [2.05, 4.69) is 15.0 Å². The van der Waals surface area contributed by atoms with Crippen molar-refractivity contribution in [2.45, 2.75) is 4.90 Å². The van der Waals surface area contributed by atoms with E-state index < -0.39 is 15.9 Å². The molecule has 1 aromatic carbocycles. The van der Waals surface area contributed by atoms with Crippen molar-refractivity contribution >= 4 is 42.6 Å². The number of benzene rings is 1. The number of aromatic nitrogens is 1. The Morgan fingerprint density at radius 2 is 2.14 bits per heavy atom. The molecule has 22 heavy (non-hydrogen) atoms. The first-order valence-corrected chi connectivity index (χ1v) is 8.48. The van der Waals surface area contributed by atoms with E-state index in [1.54, 1.807) is 18.2 Å². The third-order valence-corrected chi connectivity index (χ3v) is 5.25. The van der Waals surface area contributed by atoms with Gasteiger partial charge >= 0.3 is 0 Å². The second-order valence-corrected chi connectivity index (χ2v) is 7.20. The number of carbonyl (C=O) groups is 1. The molecule has 0 saturated carbocycles. The van der Waals surface area contributed by atoms with E-state index in [-0.39, 0.29) is 10.7 Å². The van der Waals surface area contributed by atoms with Crippen LogP contribution in [0, 0.1) is 0 Å². The van der Waals surface area contributed by atoms with Crippen LogP contribution in [0.5, 0.6) is 0 Å². The number of carbonyl (C=O) groups excluding carboxylic acids is 1. The first kappa shape index (κ1) is 14.7. The molecule has 1 amide bonds. The lowest BCUT2D eigenvalue weighted by Crippen LogP contribution is -2.18. The predicted octanol–water partition coefficient (Wildman–Crippen LogP) is 2.05. The Bertz CT molecular complexity index is 930. The van der Waals surface area contributed by atoms with Gasteiger partial charge in [-0.3, -0.25) is 10.1 Å². The number of hydrogen-bond donors (Lipinski definition) is 2. The number of hydrogen-bond acceptors (Lipinski definition) is 6. The van der Waals surface area contributed by atoms with Gasteiger partial charge in [0.15, 0.2) is 10.9 Å². The molecule has 114 valence electrons. The van der Waals surface area contributed by atoms with Gasteiger partial charge in [0.1, 0.15) is 0 Å². The highest BCUT2D eigenvalue weighted by atomic mass is 32.2. The van der Waals surface area contributed by atoms with Crippen molar-refractivity contribution in [3.63, 3.8) is 0 Å². The molecule has 0 fully saturated rings. The number of thiazole rings is 1. The Morgan fingerprint density at radius 1 is 1.32 bits per heavy atom. The summed E-state index contributed by atoms with van der Waals surface area (Å²) in [5, 5.41) is 2.99. The van der Waals surface area contributed by atoms with Gasteiger partial charge < -0.3 is 4.42 Å². The quantitative estimate of drug-likeness (QED) is 0.759. The summed E-state index contributed by atoms with van der Waals surface area (Å²) in [5.74, 6) is -0.232. The summed E-state index contributed by atoms with van der Waals surface area (Å²) < 4.78 is 31.5. The molecular weight excluding hydrogens is 326 g/mol. The highest BCUT2D eigenvalue weighted by Gasteiger charge is 2.15. The molecule has 3 rings (SSSR count). The Kier molecular flexibility index (Phi) is 3.69. The number of fused-ring (bicyclic) bond motifs is 1. The topological polar surface area (TPSA) is 101 Å². The van der Waals surface area contributed by atoms with Crippen LogP contribution in [0.1, 0.15) is 10.6 Å². The standard InChI is InChI=1S/C13H11N3O4S2/c1-14-22(18,19)8-4-5-9-11(7-8)21-13(15-9)16-12(17)10-3-2-6-20-10/h2-7,14H,1H3,(H,15,16,17). The van der Waals surface area contributed by atoms with E-state index in [9.17, 15) is 13.2 Å². The van der Waals surface area contributed by atoms with Crippen molar-refractivity contribution in [3.05, 3.63) is 42.4 Å². The fourth-order valence-corrected chi connectivity index (χ4v) is 3.54. The van der Waals surface area contributed by atoms with Crippen molar-refractivity contribution < 1.29 is 17.6 Å². The highest BCUT2D eigenvalue weighted by Crippen LogP contribution is 2.28. The number of rotatable bonds is 4. The summed E-state index contributed by atoms with van der Waals surface area (Å²) in [5.41, 5.74) is 0.606. The Labute approximate surface area is 130 Å². The molecule has 0 unspecified atom stereocenters. The first-order chi connectivity index (χ1) is 10.5. The number of furan rings is 1. The largest absolute Gasteiger partial charge is 0.459 e. The van der Waals surface area contributed by atoms with Gasteiger partial charge in [-0.25, -0.2) is 18.1 Å². The molecule has 0 aliphatic carbocycles. The molecule has 7 nitrogen and oxygen atoms in total. The maximum Gasteiger partial charge on any atom is 0.293 e. The van der Waals surface area contributed by atoms with Crippen LogP contribution in [0.3, 0.4) is 0 Å². The highest BCUT2D eigenvalue weighted by molar-refractivity contribution is 7.89. The van der Waals surface area contributed by atoms with Crippen molar-refractivity contribution in [1.82, 2.24) is 9.71 Å². The molecule has 2 aromatic heterocycles. The number of sulfonamides is 1. The number of anilines is 1. The van der Waals surface area contributed by atoms with Gasteiger partial charge in [0.25, 0.3) is 5.91 Å². The van der Waals surface area contributed by atoms with Gasteiger partial charge in [-0.05, 0) is 37.4 Å². The molecule has 9 heteroatoms. The van der Waals surface area contributed by atoms with Gasteiger partial charge in [0.2, 0.25) is 10.0 Å². The molecule has 0 spiro atoms. The molecule has 2 heterocycles. The van der Waals surface area contributed by atoms with Crippen LogP contribution in [0.25, 0.3) is 10.2 Å². The Morgan fingerprint density at radius 3 is 2.82 bits per heavy atom. The van der Waals surface area contributed by atoms with E-state index in [1.807, 2.05) is 0 Å². The molecular formula is C13H11N3O4S2. The van der Waals surface area contributed by atoms with Crippen LogP contribution in [0.2, 0.25) is 0 Å². The zero-order valence-corrected chi connectivity index (χ0v) is 13.0. The van der Waals surface area contributed by atoms with Crippen LogP contribution in [0.15, 0.2) is 45.9 Å². The third-order valence-electron chi connectivity index (χ3n) is 2.90. The zero-order chi connectivity index (χ0) is 15.7. The minimum atomic E-state index is -3.51. The van der Waals surface area contributed by atoms with Crippen molar-refractivity contribution in [2.24, 2.45) is 0 Å². The summed E-state index contributed by atoms with van der Waals surface area (Å²) >= 11 is 1.19. The molecule has 0 radical (unpaired) electrons. The van der Waals surface area contributed by atoms with Crippen LogP contribution in [-0.2, 0) is 10.0 Å². The minimum Gasteiger partial charge on any atom is -0.459 e. The monoisotopic (exact) mass is 337 g/mol. The molecule has 0 aliphatic heterocycles. The second kappa shape index (κ2) is 5.52. The second-order valence-electron chi connectivity index (χ2n) is 4.29. The van der Waals surface area contributed by atoms with Gasteiger partial charge in [0.05, 0.1) is 21.4 Å². The Hall–Kier alpha value is -2.23. The van der Waals surface area contributed by atoms with E-state index in [1.165, 1.54) is 36.8 Å². The first-order valence-electron chi connectivity index (χ1n) is 6.18. The molecule has 2 N–H and O–H groups in total. The van der Waals surface area contributed by atoms with Gasteiger partial charge in [0, 0.05) is 0 Å². The summed E-state index contributed by atoms with van der Waals surface area (Å²) in [6.07, 6.45) is 1.40. The molecule has 0 saturated heterocycles. The van der Waals surface area contributed by atoms with E-state index >= 15 is 0 Å². The molecule has 0 bridgehead atoms. The summed E-state index contributed by atoms with van der Waals surface area (Å²) in [6.45, 7) is 0. The minimum absolute atomic E-state index is 0.148. The van der Waals surface area contributed by atoms with Gasteiger partial charge in [-0.15, -0.1) is 0 Å². The van der Waals surface area contributed by atoms with Crippen LogP contribution in [-0.4, -0.2) is 26.4 Å². The summed E-state index contributed by atoms with van der Waals surface area (Å²) in [7, 11) is -2.16. The molecule has 3 aromatic rings. The number of amides is 1. The average molecular weight is 337 g/mol. The van der Waals surface area contributed by atoms with E-state index in [0.717, 1.165) is 0 Å². The number of nitrogens with one attached hydrogen (secondary N) is 2. The zero-order valence-electron chi connectivity index (χ0n) is 11.4. The fraction of sp³-hybridized carbons (Fsp3) is 0.0769. The average Bonchev–Trinajstić information content (AvgIpc) is 3.15. The molecule has 0 atom stereocenters. The number of nitrogens with zero attached hydrogens (tertiary/aromatic N) is 1. The van der Waals surface area contributed by atoms with Crippen LogP contribution in [0.4, 0.5) is 5.13 Å². The normalized spacial score (nSPS) is 11.7. The van der Waals surface area contributed by atoms with E-state index in [4.69, 9.17) is 4.42 Å². The van der Waals surface area contributed by atoms with Crippen LogP contribution < -0.4 is 10.0 Å². The third kappa shape index (κ3) is 2.73.